The van der Waals surface area contributed by atoms with Gasteiger partial charge in [0.25, 0.3) is 0 Å². The first-order valence-corrected chi connectivity index (χ1v) is 11.9. The van der Waals surface area contributed by atoms with Gasteiger partial charge in [-0.25, -0.2) is 8.78 Å². The maximum Gasteiger partial charge on any atom is 0.167 e. The molecule has 0 aliphatic heterocycles. The summed E-state index contributed by atoms with van der Waals surface area (Å²) in [6.07, 6.45) is 11.8. The van der Waals surface area contributed by atoms with E-state index in [1.54, 1.807) is 24.3 Å². The maximum absolute atomic E-state index is 14.8. The molecule has 1 fully saturated rings. The van der Waals surface area contributed by atoms with Crippen LogP contribution in [0.1, 0.15) is 55.2 Å². The van der Waals surface area contributed by atoms with Crippen molar-refractivity contribution in [3.8, 4) is 5.75 Å². The van der Waals surface area contributed by atoms with E-state index in [0.29, 0.717) is 48.0 Å². The van der Waals surface area contributed by atoms with Crippen LogP contribution in [0.4, 0.5) is 8.78 Å². The van der Waals surface area contributed by atoms with E-state index in [9.17, 15) is 8.78 Å². The third-order valence-corrected chi connectivity index (χ3v) is 6.89. The summed E-state index contributed by atoms with van der Waals surface area (Å²) in [6, 6.07) is 15.6. The molecule has 0 atom stereocenters. The molecule has 1 nitrogen and oxygen atoms in total. The molecule has 33 heavy (non-hydrogen) atoms. The Hall–Kier alpha value is -2.94. The zero-order valence-electron chi connectivity index (χ0n) is 19.3. The Balaban J connectivity index is 1.43. The zero-order chi connectivity index (χ0) is 23.2. The van der Waals surface area contributed by atoms with E-state index >= 15 is 0 Å². The molecule has 0 radical (unpaired) electrons. The summed E-state index contributed by atoms with van der Waals surface area (Å²) < 4.78 is 35.2. The van der Waals surface area contributed by atoms with Gasteiger partial charge < -0.3 is 4.74 Å². The number of allylic oxidation sites excluding steroid dienone is 2. The number of ether oxygens (including phenoxy) is 1. The van der Waals surface area contributed by atoms with Gasteiger partial charge in [0.1, 0.15) is 12.4 Å². The Morgan fingerprint density at radius 3 is 2.39 bits per heavy atom. The minimum absolute atomic E-state index is 0.254. The van der Waals surface area contributed by atoms with Gasteiger partial charge in [0, 0.05) is 5.39 Å². The minimum atomic E-state index is -0.801. The average Bonchev–Trinajstić information content (AvgIpc) is 2.86. The van der Waals surface area contributed by atoms with Gasteiger partial charge >= 0.3 is 0 Å². The lowest BCUT2D eigenvalue weighted by Gasteiger charge is -2.27. The molecule has 3 aromatic carbocycles. The number of hydrogen-bond donors (Lipinski definition) is 0. The van der Waals surface area contributed by atoms with Crippen molar-refractivity contribution in [2.24, 2.45) is 5.92 Å². The Morgan fingerprint density at radius 2 is 1.70 bits per heavy atom. The predicted octanol–water partition coefficient (Wildman–Crippen LogP) is 8.32. The molecule has 0 N–H and O–H groups in total. The van der Waals surface area contributed by atoms with Crippen LogP contribution >= 0.6 is 0 Å². The summed E-state index contributed by atoms with van der Waals surface area (Å²) in [7, 11) is 0. The highest BCUT2D eigenvalue weighted by Gasteiger charge is 2.20. The van der Waals surface area contributed by atoms with Crippen LogP contribution in [-0.2, 0) is 12.8 Å². The second kappa shape index (κ2) is 10.8. The molecule has 0 aromatic heterocycles. The normalized spacial score (nSPS) is 18.6. The van der Waals surface area contributed by atoms with Gasteiger partial charge in [0.2, 0.25) is 0 Å². The molecule has 0 amide bonds. The van der Waals surface area contributed by atoms with Crippen molar-refractivity contribution in [3.63, 3.8) is 0 Å². The second-order valence-electron chi connectivity index (χ2n) is 9.02. The van der Waals surface area contributed by atoms with Crippen molar-refractivity contribution in [3.05, 3.63) is 102 Å². The highest BCUT2D eigenvalue weighted by atomic mass is 19.2. The smallest absolute Gasteiger partial charge is 0.167 e. The molecule has 3 aromatic rings. The molecule has 0 spiro atoms. The van der Waals surface area contributed by atoms with Crippen LogP contribution in [0.15, 0.2) is 73.3 Å². The van der Waals surface area contributed by atoms with Crippen LogP contribution < -0.4 is 4.74 Å². The summed E-state index contributed by atoms with van der Waals surface area (Å²) >= 11 is 0. The van der Waals surface area contributed by atoms with Crippen LogP contribution in [0.3, 0.4) is 0 Å². The first-order chi connectivity index (χ1) is 16.1. The summed E-state index contributed by atoms with van der Waals surface area (Å²) in [5.74, 6) is 0.252. The first-order valence-electron chi connectivity index (χ1n) is 11.9. The van der Waals surface area contributed by atoms with E-state index in [4.69, 9.17) is 4.74 Å². The lowest BCUT2D eigenvalue weighted by Crippen LogP contribution is -2.11. The van der Waals surface area contributed by atoms with Crippen LogP contribution in [0.5, 0.6) is 5.75 Å². The SMILES string of the molecule is C=CC1CCC(c2ccc(CCc3cc4ccc(OCC=CC)cc4c(F)c3F)cc2)CC1. The second-order valence-corrected chi connectivity index (χ2v) is 9.02. The average molecular weight is 447 g/mol. The van der Waals surface area contributed by atoms with Gasteiger partial charge in [-0.05, 0) is 97.6 Å². The number of benzene rings is 3. The van der Waals surface area contributed by atoms with Crippen LogP contribution in [-0.4, -0.2) is 6.61 Å². The number of rotatable bonds is 8. The summed E-state index contributed by atoms with van der Waals surface area (Å²) in [5, 5.41) is 0.942. The maximum atomic E-state index is 14.8. The van der Waals surface area contributed by atoms with Gasteiger partial charge in [-0.15, -0.1) is 6.58 Å². The van der Waals surface area contributed by atoms with E-state index in [1.807, 2.05) is 19.1 Å². The monoisotopic (exact) mass is 446 g/mol. The topological polar surface area (TPSA) is 9.23 Å². The number of aryl methyl sites for hydroxylation is 2. The molecular formula is C30H32F2O. The van der Waals surface area contributed by atoms with E-state index in [1.165, 1.54) is 31.2 Å². The fraction of sp³-hybridized carbons (Fsp3) is 0.333. The molecule has 0 heterocycles. The molecular weight excluding hydrogens is 414 g/mol. The van der Waals surface area contributed by atoms with Gasteiger partial charge in [-0.1, -0.05) is 48.6 Å². The van der Waals surface area contributed by atoms with E-state index in [-0.39, 0.29) is 5.39 Å². The molecule has 4 rings (SSSR count). The van der Waals surface area contributed by atoms with Crippen LogP contribution in [0, 0.1) is 17.6 Å². The fourth-order valence-electron chi connectivity index (χ4n) is 4.80. The zero-order valence-corrected chi connectivity index (χ0v) is 19.3. The summed E-state index contributed by atoms with van der Waals surface area (Å²) in [6.45, 7) is 6.24. The summed E-state index contributed by atoms with van der Waals surface area (Å²) in [4.78, 5) is 0. The molecule has 1 aliphatic carbocycles. The molecule has 0 unspecified atom stereocenters. The Labute approximate surface area is 195 Å². The Bertz CT molecular complexity index is 1120. The molecule has 3 heteroatoms. The van der Waals surface area contributed by atoms with Gasteiger partial charge in [0.15, 0.2) is 11.6 Å². The van der Waals surface area contributed by atoms with E-state index in [2.05, 4.69) is 36.9 Å². The van der Waals surface area contributed by atoms with E-state index in [0.717, 1.165) is 5.56 Å². The van der Waals surface area contributed by atoms with Crippen LogP contribution in [0.2, 0.25) is 0 Å². The molecule has 1 aliphatic rings. The van der Waals surface area contributed by atoms with Crippen molar-refractivity contribution in [2.75, 3.05) is 6.61 Å². The van der Waals surface area contributed by atoms with Crippen molar-refractivity contribution in [1.29, 1.82) is 0 Å². The highest BCUT2D eigenvalue weighted by Crippen LogP contribution is 2.36. The largest absolute Gasteiger partial charge is 0.490 e. The van der Waals surface area contributed by atoms with Gasteiger partial charge in [-0.3, -0.25) is 0 Å². The molecule has 1 saturated carbocycles. The summed E-state index contributed by atoms with van der Waals surface area (Å²) in [5.41, 5.74) is 2.94. The van der Waals surface area contributed by atoms with Gasteiger partial charge in [-0.2, -0.15) is 0 Å². The molecule has 0 bridgehead atoms. The van der Waals surface area contributed by atoms with Crippen molar-refractivity contribution >= 4 is 10.8 Å². The predicted molar refractivity (Wildman–Crippen MR) is 133 cm³/mol. The van der Waals surface area contributed by atoms with Crippen molar-refractivity contribution in [2.45, 2.75) is 51.4 Å². The first kappa shape index (κ1) is 23.2. The number of halogens is 2. The quantitative estimate of drug-likeness (QED) is 0.316. The number of fused-ring (bicyclic) bond motifs is 1. The lowest BCUT2D eigenvalue weighted by molar-refractivity contribution is 0.363. The standard InChI is InChI=1S/C30H32F2O/c1-3-5-18-33-27-17-16-25-19-26(29(31)30(32)28(25)20-27)15-10-22-8-13-24(14-9-22)23-11-6-21(4-2)7-12-23/h3-5,8-9,13-14,16-17,19-21,23H,2,6-7,10-12,15,18H2,1H3. The molecule has 0 saturated heterocycles. The van der Waals surface area contributed by atoms with Crippen LogP contribution in [0.25, 0.3) is 10.8 Å². The van der Waals surface area contributed by atoms with Gasteiger partial charge in [0.05, 0.1) is 0 Å². The third-order valence-electron chi connectivity index (χ3n) is 6.89. The van der Waals surface area contributed by atoms with Crippen molar-refractivity contribution < 1.29 is 13.5 Å². The minimum Gasteiger partial charge on any atom is -0.490 e. The van der Waals surface area contributed by atoms with E-state index < -0.39 is 11.6 Å². The fourth-order valence-corrected chi connectivity index (χ4v) is 4.80. The number of hydrogen-bond acceptors (Lipinski definition) is 1. The highest BCUT2D eigenvalue weighted by molar-refractivity contribution is 5.85. The third kappa shape index (κ3) is 5.52. The molecule has 172 valence electrons. The Kier molecular flexibility index (Phi) is 7.59. The Morgan fingerprint density at radius 1 is 0.939 bits per heavy atom. The van der Waals surface area contributed by atoms with Crippen molar-refractivity contribution in [1.82, 2.24) is 0 Å². The lowest BCUT2D eigenvalue weighted by atomic mass is 9.78.